The zero-order chi connectivity index (χ0) is 8.97. The average molecular weight is 172 g/mol. The Morgan fingerprint density at radius 1 is 1.67 bits per heavy atom. The maximum atomic E-state index is 10.9. The Bertz CT molecular complexity index is 314. The highest BCUT2D eigenvalue weighted by atomic mass is 16.3. The molecule has 0 bridgehead atoms. The van der Waals surface area contributed by atoms with Gasteiger partial charge in [-0.05, 0) is 0 Å². The van der Waals surface area contributed by atoms with Gasteiger partial charge in [0.25, 0.3) is 5.91 Å². The summed E-state index contributed by atoms with van der Waals surface area (Å²) in [6.45, 7) is -0.0197. The quantitative estimate of drug-likeness (QED) is 0.415. The van der Waals surface area contributed by atoms with Crippen molar-refractivity contribution in [2.75, 3.05) is 13.2 Å². The van der Waals surface area contributed by atoms with Crippen LogP contribution in [0, 0.1) is 0 Å². The lowest BCUT2D eigenvalue weighted by Crippen LogP contribution is -2.27. The number of aliphatic hydroxyl groups is 1. The van der Waals surface area contributed by atoms with E-state index in [1.807, 2.05) is 5.10 Å². The van der Waals surface area contributed by atoms with Crippen LogP contribution in [-0.2, 0) is 0 Å². The first-order chi connectivity index (χ1) is 5.74. The first-order valence-corrected chi connectivity index (χ1v) is 3.28. The standard InChI is InChI=1S/C5H8N4O3/c10-2-1-6-4(11)3-7-5(12)9-8-3/h10H,1-2H2,(H,6,11)(H2,7,8,9,12). The number of carbonyl (C=O) groups is 1. The summed E-state index contributed by atoms with van der Waals surface area (Å²) in [6, 6.07) is 0. The van der Waals surface area contributed by atoms with E-state index < -0.39 is 11.6 Å². The van der Waals surface area contributed by atoms with Gasteiger partial charge in [-0.2, -0.15) is 0 Å². The Balaban J connectivity index is 2.59. The van der Waals surface area contributed by atoms with E-state index in [2.05, 4.69) is 15.4 Å². The number of nitrogens with zero attached hydrogens (tertiary/aromatic N) is 1. The molecule has 1 amide bonds. The molecule has 66 valence electrons. The van der Waals surface area contributed by atoms with Crippen molar-refractivity contribution in [1.29, 1.82) is 0 Å². The molecule has 12 heavy (non-hydrogen) atoms. The third-order valence-corrected chi connectivity index (χ3v) is 1.11. The lowest BCUT2D eigenvalue weighted by molar-refractivity contribution is 0.0934. The van der Waals surface area contributed by atoms with Crippen molar-refractivity contribution in [2.24, 2.45) is 0 Å². The van der Waals surface area contributed by atoms with E-state index in [-0.39, 0.29) is 19.0 Å². The summed E-state index contributed by atoms with van der Waals surface area (Å²) < 4.78 is 0. The third-order valence-electron chi connectivity index (χ3n) is 1.11. The Kier molecular flexibility index (Phi) is 2.59. The number of hydrogen-bond donors (Lipinski definition) is 4. The summed E-state index contributed by atoms with van der Waals surface area (Å²) in [5.41, 5.74) is -0.538. The minimum Gasteiger partial charge on any atom is -0.395 e. The largest absolute Gasteiger partial charge is 0.395 e. The van der Waals surface area contributed by atoms with E-state index in [1.165, 1.54) is 0 Å². The van der Waals surface area contributed by atoms with Crippen molar-refractivity contribution in [2.45, 2.75) is 0 Å². The van der Waals surface area contributed by atoms with Gasteiger partial charge in [0.05, 0.1) is 6.61 Å². The van der Waals surface area contributed by atoms with Crippen molar-refractivity contribution >= 4 is 5.91 Å². The first-order valence-electron chi connectivity index (χ1n) is 3.28. The predicted octanol–water partition coefficient (Wildman–Crippen LogP) is -2.18. The molecule has 0 aromatic carbocycles. The van der Waals surface area contributed by atoms with Crippen LogP contribution in [0.1, 0.15) is 10.6 Å². The lowest BCUT2D eigenvalue weighted by Gasteiger charge is -1.96. The van der Waals surface area contributed by atoms with Gasteiger partial charge in [0.1, 0.15) is 0 Å². The molecule has 1 aromatic heterocycles. The minimum atomic E-state index is -0.538. The van der Waals surface area contributed by atoms with Crippen LogP contribution in [0.2, 0.25) is 0 Å². The van der Waals surface area contributed by atoms with Crippen LogP contribution in [0.25, 0.3) is 0 Å². The van der Waals surface area contributed by atoms with Gasteiger partial charge in [-0.25, -0.2) is 9.89 Å². The summed E-state index contributed by atoms with van der Waals surface area (Å²) in [6.07, 6.45) is 0. The van der Waals surface area contributed by atoms with Crippen LogP contribution >= 0.6 is 0 Å². The average Bonchev–Trinajstić information content (AvgIpc) is 2.47. The highest BCUT2D eigenvalue weighted by Crippen LogP contribution is 1.79. The summed E-state index contributed by atoms with van der Waals surface area (Å²) in [5, 5.41) is 16.1. The van der Waals surface area contributed by atoms with E-state index in [0.29, 0.717) is 0 Å². The Morgan fingerprint density at radius 2 is 2.42 bits per heavy atom. The molecule has 7 nitrogen and oxygen atoms in total. The number of aromatic amines is 2. The van der Waals surface area contributed by atoms with Crippen LogP contribution in [0.5, 0.6) is 0 Å². The molecule has 0 saturated carbocycles. The van der Waals surface area contributed by atoms with E-state index in [9.17, 15) is 9.59 Å². The summed E-state index contributed by atoms with van der Waals surface area (Å²) in [4.78, 5) is 23.6. The van der Waals surface area contributed by atoms with Crippen LogP contribution in [0.3, 0.4) is 0 Å². The van der Waals surface area contributed by atoms with Crippen molar-refractivity contribution < 1.29 is 9.90 Å². The third kappa shape index (κ3) is 1.92. The molecule has 1 heterocycles. The molecule has 1 aromatic rings. The van der Waals surface area contributed by atoms with Gasteiger partial charge >= 0.3 is 5.69 Å². The van der Waals surface area contributed by atoms with E-state index in [1.54, 1.807) is 0 Å². The van der Waals surface area contributed by atoms with Gasteiger partial charge in [-0.3, -0.25) is 9.78 Å². The fourth-order valence-electron chi connectivity index (χ4n) is 0.631. The van der Waals surface area contributed by atoms with Gasteiger partial charge in [0.15, 0.2) is 0 Å². The number of H-pyrrole nitrogens is 2. The summed E-state index contributed by atoms with van der Waals surface area (Å²) in [7, 11) is 0. The number of carbonyl (C=O) groups excluding carboxylic acids is 1. The van der Waals surface area contributed by atoms with Crippen molar-refractivity contribution in [1.82, 2.24) is 20.5 Å². The van der Waals surface area contributed by atoms with Gasteiger partial charge in [0.2, 0.25) is 5.82 Å². The van der Waals surface area contributed by atoms with Crippen LogP contribution in [0.4, 0.5) is 0 Å². The molecule has 0 radical (unpaired) electrons. The number of aromatic nitrogens is 3. The van der Waals surface area contributed by atoms with Gasteiger partial charge in [0, 0.05) is 6.54 Å². The molecule has 4 N–H and O–H groups in total. The van der Waals surface area contributed by atoms with E-state index >= 15 is 0 Å². The normalized spacial score (nSPS) is 9.75. The van der Waals surface area contributed by atoms with E-state index in [4.69, 9.17) is 5.11 Å². The highest BCUT2D eigenvalue weighted by molar-refractivity contribution is 5.90. The monoisotopic (exact) mass is 172 g/mol. The van der Waals surface area contributed by atoms with Crippen molar-refractivity contribution in [3.05, 3.63) is 16.3 Å². The van der Waals surface area contributed by atoms with E-state index in [0.717, 1.165) is 0 Å². The van der Waals surface area contributed by atoms with Gasteiger partial charge < -0.3 is 10.4 Å². The molecule has 0 aliphatic heterocycles. The lowest BCUT2D eigenvalue weighted by atomic mass is 10.5. The fourth-order valence-corrected chi connectivity index (χ4v) is 0.631. The minimum absolute atomic E-state index is 0.0894. The van der Waals surface area contributed by atoms with Crippen molar-refractivity contribution in [3.63, 3.8) is 0 Å². The Hall–Kier alpha value is -1.63. The molecule has 0 unspecified atom stereocenters. The molecule has 0 aliphatic rings. The van der Waals surface area contributed by atoms with Crippen molar-refractivity contribution in [3.8, 4) is 0 Å². The molecular weight excluding hydrogens is 164 g/mol. The molecule has 0 saturated heterocycles. The second-order valence-electron chi connectivity index (χ2n) is 2.01. The molecule has 0 fully saturated rings. The first kappa shape index (κ1) is 8.47. The maximum absolute atomic E-state index is 10.9. The van der Waals surface area contributed by atoms with Gasteiger partial charge in [-0.15, -0.1) is 5.10 Å². The molecule has 1 rings (SSSR count). The molecular formula is C5H8N4O3. The number of aliphatic hydroxyl groups excluding tert-OH is 1. The van der Waals surface area contributed by atoms with Gasteiger partial charge in [-0.1, -0.05) is 0 Å². The fraction of sp³-hybridized carbons (Fsp3) is 0.400. The number of nitrogens with one attached hydrogen (secondary N) is 3. The maximum Gasteiger partial charge on any atom is 0.341 e. The Morgan fingerprint density at radius 3 is 2.92 bits per heavy atom. The molecule has 7 heteroatoms. The van der Waals surface area contributed by atoms with Crippen LogP contribution in [-0.4, -0.2) is 39.3 Å². The Labute approximate surface area is 66.8 Å². The SMILES string of the molecule is O=C(NCCO)c1n[nH]c(=O)[nH]1. The predicted molar refractivity (Wildman–Crippen MR) is 38.6 cm³/mol. The zero-order valence-corrected chi connectivity index (χ0v) is 6.13. The zero-order valence-electron chi connectivity index (χ0n) is 6.13. The summed E-state index contributed by atoms with van der Waals surface area (Å²) in [5.74, 6) is -0.615. The van der Waals surface area contributed by atoms with Crippen LogP contribution < -0.4 is 11.0 Å². The number of hydrogen-bond acceptors (Lipinski definition) is 4. The number of rotatable bonds is 3. The smallest absolute Gasteiger partial charge is 0.341 e. The second-order valence-corrected chi connectivity index (χ2v) is 2.01. The molecule has 0 atom stereocenters. The topological polar surface area (TPSA) is 111 Å². The molecule has 0 aliphatic carbocycles. The summed E-state index contributed by atoms with van der Waals surface area (Å²) >= 11 is 0. The highest BCUT2D eigenvalue weighted by Gasteiger charge is 2.07. The second kappa shape index (κ2) is 3.67. The number of amides is 1. The van der Waals surface area contributed by atoms with Crippen LogP contribution in [0.15, 0.2) is 4.79 Å². The molecule has 0 spiro atoms.